The van der Waals surface area contributed by atoms with E-state index in [2.05, 4.69) is 30.4 Å². The minimum Gasteiger partial charge on any atom is -0.378 e. The lowest BCUT2D eigenvalue weighted by Gasteiger charge is -2.44. The van der Waals surface area contributed by atoms with Crippen LogP contribution >= 0.6 is 0 Å². The molecule has 15 heteroatoms. The van der Waals surface area contributed by atoms with Gasteiger partial charge in [0.2, 0.25) is 5.95 Å². The largest absolute Gasteiger partial charge is 0.417 e. The van der Waals surface area contributed by atoms with Gasteiger partial charge in [-0.2, -0.15) is 13.2 Å². The number of aromatic nitrogens is 5. The predicted molar refractivity (Wildman–Crippen MR) is 155 cm³/mol. The van der Waals surface area contributed by atoms with Gasteiger partial charge in [-0.3, -0.25) is 14.1 Å². The summed E-state index contributed by atoms with van der Waals surface area (Å²) in [7, 11) is 2.00. The van der Waals surface area contributed by atoms with E-state index in [0.717, 1.165) is 12.3 Å². The average Bonchev–Trinajstić information content (AvgIpc) is 3.48. The molecule has 0 aliphatic carbocycles. The molecule has 2 atom stereocenters. The van der Waals surface area contributed by atoms with Crippen LogP contribution in [0.25, 0.3) is 16.8 Å². The lowest BCUT2D eigenvalue weighted by Crippen LogP contribution is -2.55. The second kappa shape index (κ2) is 11.6. The Labute approximate surface area is 250 Å². The zero-order valence-corrected chi connectivity index (χ0v) is 24.3. The monoisotopic (exact) mass is 613 g/mol. The van der Waals surface area contributed by atoms with Crippen molar-refractivity contribution >= 4 is 28.9 Å². The first kappa shape index (κ1) is 29.7. The van der Waals surface area contributed by atoms with Gasteiger partial charge in [-0.05, 0) is 39.1 Å². The van der Waals surface area contributed by atoms with Gasteiger partial charge in [0.15, 0.2) is 5.65 Å². The second-order valence-electron chi connectivity index (χ2n) is 11.1. The summed E-state index contributed by atoms with van der Waals surface area (Å²) < 4.78 is 64.6. The molecule has 3 aromatic heterocycles. The first-order chi connectivity index (χ1) is 21.0. The first-order valence-electron chi connectivity index (χ1n) is 14.2. The number of fused-ring (bicyclic) bond motifs is 1. The molecular formula is C29H31F4N9O2. The molecule has 5 heterocycles. The van der Waals surface area contributed by atoms with Gasteiger partial charge in [-0.25, -0.2) is 14.4 Å². The van der Waals surface area contributed by atoms with E-state index in [4.69, 9.17) is 4.74 Å². The zero-order valence-electron chi connectivity index (χ0n) is 24.3. The molecule has 1 amide bonds. The first-order valence-corrected chi connectivity index (χ1v) is 14.2. The van der Waals surface area contributed by atoms with Gasteiger partial charge < -0.3 is 19.9 Å². The third kappa shape index (κ3) is 5.76. The minimum absolute atomic E-state index is 0.0560. The molecule has 2 unspecified atom stereocenters. The number of amides is 1. The summed E-state index contributed by atoms with van der Waals surface area (Å²) in [6.45, 7) is 7.44. The molecular weight excluding hydrogens is 582 g/mol. The van der Waals surface area contributed by atoms with Crippen LogP contribution in [0.3, 0.4) is 0 Å². The fraction of sp³-hybridized carbons (Fsp3) is 0.414. The summed E-state index contributed by atoms with van der Waals surface area (Å²) in [6.07, 6.45) is 0.391. The van der Waals surface area contributed by atoms with Crippen molar-refractivity contribution in [1.82, 2.24) is 29.5 Å². The summed E-state index contributed by atoms with van der Waals surface area (Å²) in [5, 5.41) is 9.96. The number of halogens is 4. The molecule has 4 aromatic rings. The van der Waals surface area contributed by atoms with Crippen molar-refractivity contribution in [3.63, 3.8) is 0 Å². The summed E-state index contributed by atoms with van der Waals surface area (Å²) in [4.78, 5) is 28.5. The van der Waals surface area contributed by atoms with E-state index in [1.54, 1.807) is 0 Å². The lowest BCUT2D eigenvalue weighted by molar-refractivity contribution is -0.137. The van der Waals surface area contributed by atoms with Crippen molar-refractivity contribution in [2.45, 2.75) is 32.1 Å². The Morgan fingerprint density at radius 1 is 1.02 bits per heavy atom. The van der Waals surface area contributed by atoms with Crippen molar-refractivity contribution in [2.75, 3.05) is 61.6 Å². The predicted octanol–water partition coefficient (Wildman–Crippen LogP) is 3.96. The number of piperazine rings is 1. The third-order valence-corrected chi connectivity index (χ3v) is 8.26. The van der Waals surface area contributed by atoms with Crippen LogP contribution in [0.5, 0.6) is 0 Å². The van der Waals surface area contributed by atoms with E-state index >= 15 is 4.39 Å². The highest BCUT2D eigenvalue weighted by molar-refractivity contribution is 6.07. The van der Waals surface area contributed by atoms with Crippen LogP contribution in [0.2, 0.25) is 0 Å². The molecule has 1 N–H and O–H groups in total. The Hall–Kier alpha value is -4.37. The maximum absolute atomic E-state index is 15.8. The van der Waals surface area contributed by atoms with Crippen molar-refractivity contribution in [2.24, 2.45) is 0 Å². The molecule has 2 saturated heterocycles. The molecule has 2 aliphatic heterocycles. The van der Waals surface area contributed by atoms with E-state index in [1.165, 1.54) is 35.3 Å². The van der Waals surface area contributed by atoms with Crippen molar-refractivity contribution in [3.8, 4) is 11.1 Å². The van der Waals surface area contributed by atoms with Gasteiger partial charge >= 0.3 is 6.18 Å². The summed E-state index contributed by atoms with van der Waals surface area (Å²) >= 11 is 0. The standard InChI is InChI=1S/C29H31F4N9O2/c1-17-13-41(14-18(2)39(17)3)25-10-23(30)20(19-11-34-28(35-12-19)40-4-6-44-7-5-40)8-24(25)37-27(43)21-15-42-16-36-38-26(42)9-22(21)29(31,32)33/h8-12,15-18H,4-7,13-14H2,1-3H3,(H,37,43). The van der Waals surface area contributed by atoms with Gasteiger partial charge in [0.05, 0.1) is 35.7 Å². The quantitative estimate of drug-likeness (QED) is 0.335. The number of ether oxygens (including phenoxy) is 1. The Bertz CT molecular complexity index is 1660. The summed E-state index contributed by atoms with van der Waals surface area (Å²) in [6, 6.07) is 3.70. The molecule has 1 aromatic carbocycles. The number of morpholine rings is 1. The zero-order chi connectivity index (χ0) is 31.2. The third-order valence-electron chi connectivity index (χ3n) is 8.26. The number of benzene rings is 1. The maximum Gasteiger partial charge on any atom is 0.417 e. The number of pyridine rings is 1. The van der Waals surface area contributed by atoms with Crippen LogP contribution in [0.1, 0.15) is 29.8 Å². The number of likely N-dealkylation sites (N-methyl/N-ethyl adjacent to an activating group) is 1. The number of hydrogen-bond acceptors (Lipinski definition) is 9. The number of hydrogen-bond donors (Lipinski definition) is 1. The fourth-order valence-electron chi connectivity index (χ4n) is 5.61. The normalized spacial score (nSPS) is 19.9. The molecule has 0 saturated carbocycles. The number of carbonyl (C=O) groups excluding carboxylic acids is 1. The second-order valence-corrected chi connectivity index (χ2v) is 11.1. The summed E-state index contributed by atoms with van der Waals surface area (Å²) in [5.41, 5.74) is -0.879. The average molecular weight is 614 g/mol. The fourth-order valence-corrected chi connectivity index (χ4v) is 5.61. The number of rotatable bonds is 5. The number of anilines is 3. The van der Waals surface area contributed by atoms with Gasteiger partial charge in [-0.1, -0.05) is 0 Å². The number of alkyl halides is 3. The smallest absolute Gasteiger partial charge is 0.378 e. The number of carbonyl (C=O) groups is 1. The van der Waals surface area contributed by atoms with E-state index in [9.17, 15) is 18.0 Å². The van der Waals surface area contributed by atoms with Crippen LogP contribution < -0.4 is 15.1 Å². The van der Waals surface area contributed by atoms with Crippen molar-refractivity contribution < 1.29 is 27.1 Å². The minimum atomic E-state index is -4.83. The van der Waals surface area contributed by atoms with Gasteiger partial charge in [-0.15, -0.1) is 10.2 Å². The Morgan fingerprint density at radius 3 is 2.36 bits per heavy atom. The molecule has 0 radical (unpaired) electrons. The highest BCUT2D eigenvalue weighted by Crippen LogP contribution is 2.37. The molecule has 6 rings (SSSR count). The molecule has 2 aliphatic rings. The topological polar surface area (TPSA) is 104 Å². The Kier molecular flexibility index (Phi) is 7.84. The maximum atomic E-state index is 15.8. The van der Waals surface area contributed by atoms with Crippen LogP contribution in [0.15, 0.2) is 43.1 Å². The number of nitrogens with zero attached hydrogens (tertiary/aromatic N) is 8. The molecule has 11 nitrogen and oxygen atoms in total. The molecule has 232 valence electrons. The van der Waals surface area contributed by atoms with E-state index in [-0.39, 0.29) is 29.0 Å². The number of nitrogens with one attached hydrogen (secondary N) is 1. The molecule has 0 bridgehead atoms. The van der Waals surface area contributed by atoms with Crippen molar-refractivity contribution in [3.05, 3.63) is 60.1 Å². The van der Waals surface area contributed by atoms with E-state index in [1.807, 2.05) is 30.7 Å². The Balaban J connectivity index is 1.40. The molecule has 44 heavy (non-hydrogen) atoms. The Morgan fingerprint density at radius 2 is 1.70 bits per heavy atom. The van der Waals surface area contributed by atoms with Crippen LogP contribution in [-0.4, -0.2) is 93.9 Å². The highest BCUT2D eigenvalue weighted by atomic mass is 19.4. The van der Waals surface area contributed by atoms with Crippen LogP contribution in [0.4, 0.5) is 34.9 Å². The summed E-state index contributed by atoms with van der Waals surface area (Å²) in [5.74, 6) is -1.12. The van der Waals surface area contributed by atoms with Crippen LogP contribution in [0, 0.1) is 5.82 Å². The molecule has 2 fully saturated rings. The van der Waals surface area contributed by atoms with Gasteiger partial charge in [0, 0.05) is 68.0 Å². The van der Waals surface area contributed by atoms with Gasteiger partial charge in [0.1, 0.15) is 12.1 Å². The highest BCUT2D eigenvalue weighted by Gasteiger charge is 2.37. The van der Waals surface area contributed by atoms with Gasteiger partial charge in [0.25, 0.3) is 5.91 Å². The van der Waals surface area contributed by atoms with E-state index in [0.29, 0.717) is 56.6 Å². The lowest BCUT2D eigenvalue weighted by atomic mass is 10.0. The van der Waals surface area contributed by atoms with Crippen LogP contribution in [-0.2, 0) is 10.9 Å². The molecule has 0 spiro atoms. The van der Waals surface area contributed by atoms with E-state index < -0.39 is 29.0 Å². The van der Waals surface area contributed by atoms with Crippen molar-refractivity contribution in [1.29, 1.82) is 0 Å². The SMILES string of the molecule is CC1CN(c2cc(F)c(-c3cnc(N4CCOCC4)nc3)cc2NC(=O)c2cn3cnnc3cc2C(F)(F)F)CC(C)N1C.